The first-order valence-electron chi connectivity index (χ1n) is 6.41. The molecule has 0 fully saturated rings. The zero-order valence-electron chi connectivity index (χ0n) is 11.5. The van der Waals surface area contributed by atoms with Gasteiger partial charge in [0.1, 0.15) is 5.75 Å². The first kappa shape index (κ1) is 15.5. The summed E-state index contributed by atoms with van der Waals surface area (Å²) in [7, 11) is 1.59. The largest absolute Gasteiger partial charge is 0.496 e. The summed E-state index contributed by atoms with van der Waals surface area (Å²) in [5, 5.41) is 9.08. The number of amides is 1. The minimum Gasteiger partial charge on any atom is -0.496 e. The topological polar surface area (TPSA) is 75.8 Å². The van der Waals surface area contributed by atoms with Gasteiger partial charge in [-0.15, -0.1) is 0 Å². The van der Waals surface area contributed by atoms with E-state index < -0.39 is 6.04 Å². The maximum atomic E-state index is 12.1. The van der Waals surface area contributed by atoms with Crippen LogP contribution in [0.1, 0.15) is 18.9 Å². The number of carbonyl (C=O) groups excluding carboxylic acids is 1. The summed E-state index contributed by atoms with van der Waals surface area (Å²) >= 11 is 0. The summed E-state index contributed by atoms with van der Waals surface area (Å²) in [6.07, 6.45) is 0.576. The number of carbonyl (C=O) groups is 1. The molecule has 1 aromatic carbocycles. The molecule has 0 saturated carbocycles. The van der Waals surface area contributed by atoms with Crippen molar-refractivity contribution in [2.24, 2.45) is 5.73 Å². The minimum absolute atomic E-state index is 0.0860. The number of ether oxygens (including phenoxy) is 1. The molecule has 1 amide bonds. The van der Waals surface area contributed by atoms with Gasteiger partial charge >= 0.3 is 0 Å². The van der Waals surface area contributed by atoms with Crippen molar-refractivity contribution >= 4 is 5.91 Å². The van der Waals surface area contributed by atoms with Crippen molar-refractivity contribution in [3.8, 4) is 5.75 Å². The van der Waals surface area contributed by atoms with Gasteiger partial charge < -0.3 is 20.5 Å². The van der Waals surface area contributed by atoms with Gasteiger partial charge in [0.2, 0.25) is 5.91 Å². The van der Waals surface area contributed by atoms with Crippen LogP contribution >= 0.6 is 0 Å². The number of benzene rings is 1. The molecule has 1 aromatic rings. The maximum absolute atomic E-state index is 12.1. The van der Waals surface area contributed by atoms with E-state index in [1.165, 1.54) is 0 Å². The lowest BCUT2D eigenvalue weighted by Gasteiger charge is -2.25. The second-order valence-electron chi connectivity index (χ2n) is 4.31. The monoisotopic (exact) mass is 266 g/mol. The Morgan fingerprint density at radius 1 is 1.47 bits per heavy atom. The van der Waals surface area contributed by atoms with Crippen LogP contribution in [0.4, 0.5) is 0 Å². The molecule has 0 heterocycles. The third-order valence-corrected chi connectivity index (χ3v) is 2.99. The van der Waals surface area contributed by atoms with E-state index in [4.69, 9.17) is 15.6 Å². The zero-order valence-corrected chi connectivity index (χ0v) is 11.5. The Morgan fingerprint density at radius 3 is 2.74 bits per heavy atom. The first-order valence-corrected chi connectivity index (χ1v) is 6.41. The highest BCUT2D eigenvalue weighted by Gasteiger charge is 2.20. The molecule has 1 rings (SSSR count). The molecule has 1 atom stereocenters. The van der Waals surface area contributed by atoms with Crippen molar-refractivity contribution in [2.75, 3.05) is 20.3 Å². The fourth-order valence-corrected chi connectivity index (χ4v) is 1.84. The average Bonchev–Trinajstić information content (AvgIpc) is 2.45. The highest BCUT2D eigenvalue weighted by atomic mass is 16.5. The van der Waals surface area contributed by atoms with E-state index in [1.54, 1.807) is 12.0 Å². The second kappa shape index (κ2) is 7.76. The Morgan fingerprint density at radius 2 is 2.16 bits per heavy atom. The number of para-hydroxylation sites is 1. The van der Waals surface area contributed by atoms with Gasteiger partial charge in [-0.1, -0.05) is 25.1 Å². The number of nitrogens with zero attached hydrogens (tertiary/aromatic N) is 1. The van der Waals surface area contributed by atoms with Gasteiger partial charge in [0.25, 0.3) is 0 Å². The van der Waals surface area contributed by atoms with E-state index in [1.807, 2.05) is 31.2 Å². The molecule has 0 spiro atoms. The molecule has 1 unspecified atom stereocenters. The van der Waals surface area contributed by atoms with Crippen LogP contribution in [0, 0.1) is 0 Å². The van der Waals surface area contributed by atoms with Crippen molar-refractivity contribution in [3.63, 3.8) is 0 Å². The van der Waals surface area contributed by atoms with Crippen LogP contribution in [0.2, 0.25) is 0 Å². The lowest BCUT2D eigenvalue weighted by Crippen LogP contribution is -2.44. The maximum Gasteiger partial charge on any atom is 0.239 e. The summed E-state index contributed by atoms with van der Waals surface area (Å²) in [6, 6.07) is 6.98. The fraction of sp³-hybridized carbons (Fsp3) is 0.500. The fourth-order valence-electron chi connectivity index (χ4n) is 1.84. The van der Waals surface area contributed by atoms with Crippen molar-refractivity contribution in [1.29, 1.82) is 0 Å². The van der Waals surface area contributed by atoms with Crippen LogP contribution in [0.3, 0.4) is 0 Å². The molecule has 0 bridgehead atoms. The van der Waals surface area contributed by atoms with Crippen LogP contribution in [-0.4, -0.2) is 42.2 Å². The van der Waals surface area contributed by atoms with E-state index in [0.717, 1.165) is 11.3 Å². The number of aliphatic hydroxyl groups is 1. The Kier molecular flexibility index (Phi) is 6.32. The van der Waals surface area contributed by atoms with Gasteiger partial charge in [0.05, 0.1) is 19.8 Å². The van der Waals surface area contributed by atoms with Gasteiger partial charge in [0.15, 0.2) is 0 Å². The minimum atomic E-state index is -0.527. The van der Waals surface area contributed by atoms with Crippen LogP contribution < -0.4 is 10.5 Å². The molecule has 0 aliphatic rings. The number of nitrogens with two attached hydrogens (primary N) is 1. The molecule has 0 saturated heterocycles. The molecule has 0 aliphatic carbocycles. The predicted octanol–water partition coefficient (Wildman–Crippen LogP) is 0.753. The van der Waals surface area contributed by atoms with Crippen LogP contribution in [0.25, 0.3) is 0 Å². The molecule has 5 heteroatoms. The highest BCUT2D eigenvalue weighted by molar-refractivity contribution is 5.81. The van der Waals surface area contributed by atoms with Gasteiger partial charge in [0, 0.05) is 18.7 Å². The second-order valence-corrected chi connectivity index (χ2v) is 4.31. The van der Waals surface area contributed by atoms with Crippen LogP contribution in [-0.2, 0) is 11.3 Å². The standard InChI is InChI=1S/C14H22N2O3/c1-3-12(15)14(18)16(8-9-17)10-11-6-4-5-7-13(11)19-2/h4-7,12,17H,3,8-10,15H2,1-2H3. The number of rotatable bonds is 7. The number of methoxy groups -OCH3 is 1. The Bertz CT molecular complexity index is 409. The Hall–Kier alpha value is -1.59. The summed E-state index contributed by atoms with van der Waals surface area (Å²) in [6.45, 7) is 2.43. The van der Waals surface area contributed by atoms with Crippen molar-refractivity contribution < 1.29 is 14.6 Å². The van der Waals surface area contributed by atoms with Crippen LogP contribution in [0.15, 0.2) is 24.3 Å². The smallest absolute Gasteiger partial charge is 0.239 e. The summed E-state index contributed by atoms with van der Waals surface area (Å²) in [4.78, 5) is 13.7. The molecule has 0 aromatic heterocycles. The van der Waals surface area contributed by atoms with E-state index in [0.29, 0.717) is 13.0 Å². The molecule has 5 nitrogen and oxygen atoms in total. The molecule has 19 heavy (non-hydrogen) atoms. The molecular formula is C14H22N2O3. The lowest BCUT2D eigenvalue weighted by atomic mass is 10.1. The lowest BCUT2D eigenvalue weighted by molar-refractivity contribution is -0.133. The predicted molar refractivity (Wildman–Crippen MR) is 73.8 cm³/mol. The van der Waals surface area contributed by atoms with Gasteiger partial charge in [-0.3, -0.25) is 4.79 Å². The third kappa shape index (κ3) is 4.22. The first-order chi connectivity index (χ1) is 9.13. The highest BCUT2D eigenvalue weighted by Crippen LogP contribution is 2.19. The number of aliphatic hydroxyl groups excluding tert-OH is 1. The van der Waals surface area contributed by atoms with E-state index in [-0.39, 0.29) is 19.1 Å². The van der Waals surface area contributed by atoms with Gasteiger partial charge in [-0.25, -0.2) is 0 Å². The van der Waals surface area contributed by atoms with Crippen molar-refractivity contribution in [2.45, 2.75) is 25.9 Å². The quantitative estimate of drug-likeness (QED) is 0.763. The molecule has 106 valence electrons. The van der Waals surface area contributed by atoms with Crippen LogP contribution in [0.5, 0.6) is 5.75 Å². The molecular weight excluding hydrogens is 244 g/mol. The Balaban J connectivity index is 2.86. The number of hydrogen-bond donors (Lipinski definition) is 2. The number of hydrogen-bond acceptors (Lipinski definition) is 4. The average molecular weight is 266 g/mol. The summed E-state index contributed by atoms with van der Waals surface area (Å²) < 4.78 is 5.26. The van der Waals surface area contributed by atoms with Crippen molar-refractivity contribution in [3.05, 3.63) is 29.8 Å². The summed E-state index contributed by atoms with van der Waals surface area (Å²) in [5.41, 5.74) is 6.67. The third-order valence-electron chi connectivity index (χ3n) is 2.99. The Labute approximate surface area is 114 Å². The SMILES string of the molecule is CCC(N)C(=O)N(CCO)Cc1ccccc1OC. The van der Waals surface area contributed by atoms with Gasteiger partial charge in [-0.2, -0.15) is 0 Å². The van der Waals surface area contributed by atoms with Gasteiger partial charge in [-0.05, 0) is 12.5 Å². The van der Waals surface area contributed by atoms with E-state index in [2.05, 4.69) is 0 Å². The normalized spacial score (nSPS) is 12.0. The summed E-state index contributed by atoms with van der Waals surface area (Å²) in [5.74, 6) is 0.575. The molecule has 3 N–H and O–H groups in total. The van der Waals surface area contributed by atoms with E-state index in [9.17, 15) is 4.79 Å². The van der Waals surface area contributed by atoms with Crippen molar-refractivity contribution in [1.82, 2.24) is 4.90 Å². The molecule has 0 aliphatic heterocycles. The molecule has 0 radical (unpaired) electrons. The zero-order chi connectivity index (χ0) is 14.3. The van der Waals surface area contributed by atoms with E-state index >= 15 is 0 Å².